The molecule has 0 aliphatic carbocycles. The first-order chi connectivity index (χ1) is 12.2. The molecule has 0 saturated heterocycles. The Balaban J connectivity index is 1.85. The Hall–Kier alpha value is -2.60. The molecule has 0 N–H and O–H groups in total. The molecule has 0 bridgehead atoms. The summed E-state index contributed by atoms with van der Waals surface area (Å²) in [6.45, 7) is 8.82. The highest BCUT2D eigenvalue weighted by Gasteiger charge is 2.11. The Labute approximate surface area is 151 Å². The van der Waals surface area contributed by atoms with E-state index in [0.29, 0.717) is 0 Å². The SMILES string of the molecule is C=C(CCc1cccc(CC)c1)c1c(C)cccc1-c1ccccc1. The molecule has 0 atom stereocenters. The number of benzene rings is 3. The minimum Gasteiger partial charge on any atom is -0.0952 e. The fraction of sp³-hybridized carbons (Fsp3) is 0.200. The van der Waals surface area contributed by atoms with Gasteiger partial charge in [-0.05, 0) is 65.1 Å². The molecule has 0 heteroatoms. The average molecular weight is 326 g/mol. The number of hydrogen-bond donors (Lipinski definition) is 0. The molecule has 3 rings (SSSR count). The van der Waals surface area contributed by atoms with Crippen LogP contribution in [0.5, 0.6) is 0 Å². The molecular formula is C25H26. The molecule has 0 spiro atoms. The standard InChI is InChI=1S/C25H26/c1-4-21-11-9-12-22(18-21)17-16-20(3)25-19(2)10-8-15-24(25)23-13-6-5-7-14-23/h5-15,18H,3-4,16-17H2,1-2H3. The molecule has 25 heavy (non-hydrogen) atoms. The van der Waals surface area contributed by atoms with E-state index in [-0.39, 0.29) is 0 Å². The van der Waals surface area contributed by atoms with Crippen molar-refractivity contribution in [1.29, 1.82) is 0 Å². The number of rotatable bonds is 6. The molecule has 0 amide bonds. The highest BCUT2D eigenvalue weighted by molar-refractivity contribution is 5.82. The van der Waals surface area contributed by atoms with E-state index in [1.165, 1.54) is 39.0 Å². The van der Waals surface area contributed by atoms with Crippen LogP contribution in [-0.4, -0.2) is 0 Å². The maximum atomic E-state index is 4.43. The molecule has 0 nitrogen and oxygen atoms in total. The lowest BCUT2D eigenvalue weighted by atomic mass is 9.89. The fourth-order valence-corrected chi connectivity index (χ4v) is 3.42. The zero-order valence-corrected chi connectivity index (χ0v) is 15.3. The minimum absolute atomic E-state index is 0.984. The molecule has 0 heterocycles. The third-order valence-electron chi connectivity index (χ3n) is 4.83. The van der Waals surface area contributed by atoms with Gasteiger partial charge in [-0.15, -0.1) is 0 Å². The average Bonchev–Trinajstić information content (AvgIpc) is 2.66. The van der Waals surface area contributed by atoms with Crippen LogP contribution in [0.1, 0.15) is 35.6 Å². The van der Waals surface area contributed by atoms with Gasteiger partial charge in [-0.25, -0.2) is 0 Å². The van der Waals surface area contributed by atoms with Gasteiger partial charge in [-0.3, -0.25) is 0 Å². The summed E-state index contributed by atoms with van der Waals surface area (Å²) >= 11 is 0. The number of hydrogen-bond acceptors (Lipinski definition) is 0. The summed E-state index contributed by atoms with van der Waals surface area (Å²) in [5.41, 5.74) is 9.18. The second-order valence-electron chi connectivity index (χ2n) is 6.64. The van der Waals surface area contributed by atoms with Gasteiger partial charge in [-0.2, -0.15) is 0 Å². The Kier molecular flexibility index (Phi) is 5.50. The zero-order chi connectivity index (χ0) is 17.6. The predicted octanol–water partition coefficient (Wildman–Crippen LogP) is 6.87. The summed E-state index contributed by atoms with van der Waals surface area (Å²) in [4.78, 5) is 0. The zero-order valence-electron chi connectivity index (χ0n) is 15.3. The van der Waals surface area contributed by atoms with E-state index in [1.54, 1.807) is 0 Å². The summed E-state index contributed by atoms with van der Waals surface area (Å²) < 4.78 is 0. The van der Waals surface area contributed by atoms with Crippen LogP contribution >= 0.6 is 0 Å². The Bertz CT molecular complexity index is 856. The predicted molar refractivity (Wildman–Crippen MR) is 110 cm³/mol. The van der Waals surface area contributed by atoms with Gasteiger partial charge in [0.05, 0.1) is 0 Å². The first-order valence-electron chi connectivity index (χ1n) is 9.10. The van der Waals surface area contributed by atoms with Crippen molar-refractivity contribution in [3.8, 4) is 11.1 Å². The highest BCUT2D eigenvalue weighted by Crippen LogP contribution is 2.32. The van der Waals surface area contributed by atoms with Crippen LogP contribution in [0, 0.1) is 6.92 Å². The number of allylic oxidation sites excluding steroid dienone is 1. The van der Waals surface area contributed by atoms with E-state index in [1.807, 2.05) is 0 Å². The summed E-state index contributed by atoms with van der Waals surface area (Å²) in [7, 11) is 0. The van der Waals surface area contributed by atoms with Crippen molar-refractivity contribution in [2.24, 2.45) is 0 Å². The Morgan fingerprint density at radius 2 is 1.56 bits per heavy atom. The molecule has 0 unspecified atom stereocenters. The highest BCUT2D eigenvalue weighted by atomic mass is 14.2. The molecule has 0 aliphatic rings. The lowest BCUT2D eigenvalue weighted by Crippen LogP contribution is -1.95. The van der Waals surface area contributed by atoms with E-state index >= 15 is 0 Å². The van der Waals surface area contributed by atoms with E-state index in [4.69, 9.17) is 0 Å². The second-order valence-corrected chi connectivity index (χ2v) is 6.64. The third kappa shape index (κ3) is 4.09. The van der Waals surface area contributed by atoms with Crippen LogP contribution in [0.25, 0.3) is 16.7 Å². The van der Waals surface area contributed by atoms with Crippen LogP contribution < -0.4 is 0 Å². The first-order valence-corrected chi connectivity index (χ1v) is 9.10. The van der Waals surface area contributed by atoms with Gasteiger partial charge in [0, 0.05) is 0 Å². The van der Waals surface area contributed by atoms with Crippen molar-refractivity contribution in [2.45, 2.75) is 33.1 Å². The first kappa shape index (κ1) is 17.2. The molecule has 0 radical (unpaired) electrons. The largest absolute Gasteiger partial charge is 0.0952 e. The molecule has 0 aliphatic heterocycles. The van der Waals surface area contributed by atoms with E-state index in [0.717, 1.165) is 19.3 Å². The minimum atomic E-state index is 0.984. The van der Waals surface area contributed by atoms with Crippen molar-refractivity contribution >= 4 is 5.57 Å². The van der Waals surface area contributed by atoms with Crippen LogP contribution in [-0.2, 0) is 12.8 Å². The van der Waals surface area contributed by atoms with Crippen molar-refractivity contribution < 1.29 is 0 Å². The van der Waals surface area contributed by atoms with Gasteiger partial charge in [0.1, 0.15) is 0 Å². The molecular weight excluding hydrogens is 300 g/mol. The fourth-order valence-electron chi connectivity index (χ4n) is 3.42. The summed E-state index contributed by atoms with van der Waals surface area (Å²) in [6, 6.07) is 26.1. The maximum absolute atomic E-state index is 4.43. The summed E-state index contributed by atoms with van der Waals surface area (Å²) in [5.74, 6) is 0. The van der Waals surface area contributed by atoms with Crippen LogP contribution in [0.3, 0.4) is 0 Å². The molecule has 126 valence electrons. The van der Waals surface area contributed by atoms with Gasteiger partial charge in [0.2, 0.25) is 0 Å². The summed E-state index contributed by atoms with van der Waals surface area (Å²) in [6.07, 6.45) is 3.11. The van der Waals surface area contributed by atoms with Gasteiger partial charge in [0.15, 0.2) is 0 Å². The van der Waals surface area contributed by atoms with Crippen LogP contribution in [0.4, 0.5) is 0 Å². The van der Waals surface area contributed by atoms with Crippen LogP contribution in [0.15, 0.2) is 79.4 Å². The van der Waals surface area contributed by atoms with Crippen molar-refractivity contribution in [3.63, 3.8) is 0 Å². The maximum Gasteiger partial charge on any atom is -0.0106 e. The lowest BCUT2D eigenvalue weighted by Gasteiger charge is -2.16. The van der Waals surface area contributed by atoms with Gasteiger partial charge < -0.3 is 0 Å². The van der Waals surface area contributed by atoms with E-state index in [9.17, 15) is 0 Å². The topological polar surface area (TPSA) is 0 Å². The van der Waals surface area contributed by atoms with E-state index in [2.05, 4.69) is 93.2 Å². The molecule has 0 fully saturated rings. The molecule has 0 saturated carbocycles. The van der Waals surface area contributed by atoms with E-state index < -0.39 is 0 Å². The van der Waals surface area contributed by atoms with Crippen molar-refractivity contribution in [1.82, 2.24) is 0 Å². The lowest BCUT2D eigenvalue weighted by molar-refractivity contribution is 1.00. The van der Waals surface area contributed by atoms with Gasteiger partial charge >= 0.3 is 0 Å². The normalized spacial score (nSPS) is 10.6. The molecule has 0 aromatic heterocycles. The summed E-state index contributed by atoms with van der Waals surface area (Å²) in [5, 5.41) is 0. The Morgan fingerprint density at radius 1 is 0.840 bits per heavy atom. The van der Waals surface area contributed by atoms with Crippen LogP contribution in [0.2, 0.25) is 0 Å². The van der Waals surface area contributed by atoms with Gasteiger partial charge in [0.25, 0.3) is 0 Å². The molecule has 3 aromatic carbocycles. The quantitative estimate of drug-likeness (QED) is 0.463. The van der Waals surface area contributed by atoms with Crippen molar-refractivity contribution in [2.75, 3.05) is 0 Å². The Morgan fingerprint density at radius 3 is 2.32 bits per heavy atom. The van der Waals surface area contributed by atoms with Crippen molar-refractivity contribution in [3.05, 3.63) is 102 Å². The monoisotopic (exact) mass is 326 g/mol. The second kappa shape index (κ2) is 7.98. The smallest absolute Gasteiger partial charge is 0.0106 e. The molecule has 3 aromatic rings. The van der Waals surface area contributed by atoms with Gasteiger partial charge in [-0.1, -0.05) is 86.3 Å². The third-order valence-corrected chi connectivity index (χ3v) is 4.83. The number of aryl methyl sites for hydroxylation is 3.